The van der Waals surface area contributed by atoms with Crippen molar-refractivity contribution in [3.63, 3.8) is 0 Å². The highest BCUT2D eigenvalue weighted by atomic mass is 32.1. The lowest BCUT2D eigenvalue weighted by atomic mass is 10.2. The third-order valence-corrected chi connectivity index (χ3v) is 3.68. The van der Waals surface area contributed by atoms with Gasteiger partial charge in [-0.25, -0.2) is 0 Å². The molecule has 0 saturated carbocycles. The first-order valence-electron chi connectivity index (χ1n) is 6.05. The van der Waals surface area contributed by atoms with Crippen molar-refractivity contribution in [1.82, 2.24) is 4.57 Å². The van der Waals surface area contributed by atoms with E-state index in [-0.39, 0.29) is 12.2 Å². The summed E-state index contributed by atoms with van der Waals surface area (Å²) in [7, 11) is 0. The molecule has 0 atom stereocenters. The Balaban J connectivity index is 2.28. The zero-order valence-corrected chi connectivity index (χ0v) is 11.5. The van der Waals surface area contributed by atoms with E-state index in [1.165, 1.54) is 0 Å². The summed E-state index contributed by atoms with van der Waals surface area (Å²) in [5, 5.41) is 10.7. The van der Waals surface area contributed by atoms with Gasteiger partial charge in [-0.1, -0.05) is 17.9 Å². The van der Waals surface area contributed by atoms with E-state index in [1.807, 2.05) is 24.4 Å². The first-order chi connectivity index (χ1) is 9.22. The monoisotopic (exact) mass is 273 g/mol. The Morgan fingerprint density at radius 3 is 2.95 bits per heavy atom. The van der Waals surface area contributed by atoms with Crippen LogP contribution in [0.15, 0.2) is 34.4 Å². The molecule has 0 saturated heterocycles. The number of aliphatic hydroxyl groups is 1. The van der Waals surface area contributed by atoms with Crippen molar-refractivity contribution in [3.05, 3.63) is 56.1 Å². The minimum atomic E-state index is 0.00247. The Labute approximate surface area is 116 Å². The first-order valence-corrected chi connectivity index (χ1v) is 6.93. The van der Waals surface area contributed by atoms with Gasteiger partial charge in [0, 0.05) is 28.6 Å². The van der Waals surface area contributed by atoms with Gasteiger partial charge >= 0.3 is 0 Å². The number of aromatic nitrogens is 1. The molecule has 0 aliphatic carbocycles. The van der Waals surface area contributed by atoms with E-state index < -0.39 is 0 Å². The molecule has 2 aromatic heterocycles. The van der Waals surface area contributed by atoms with Crippen LogP contribution in [0.4, 0.5) is 0 Å². The molecule has 19 heavy (non-hydrogen) atoms. The second-order valence-corrected chi connectivity index (χ2v) is 5.13. The smallest absolute Gasteiger partial charge is 0.251 e. The molecule has 0 aliphatic rings. The number of hydrogen-bond donors (Lipinski definition) is 1. The highest BCUT2D eigenvalue weighted by Gasteiger charge is 2.05. The molecule has 3 nitrogen and oxygen atoms in total. The van der Waals surface area contributed by atoms with Crippen LogP contribution in [-0.2, 0) is 6.54 Å². The molecule has 0 amide bonds. The van der Waals surface area contributed by atoms with Gasteiger partial charge in [-0.2, -0.15) is 0 Å². The summed E-state index contributed by atoms with van der Waals surface area (Å²) in [4.78, 5) is 12.9. The standard InChI is InChI=1S/C15H15NO2S/c1-12-5-4-7-15(18)16(12)11-14-13(8-10-19-14)6-2-3-9-17/h4-5,7-8,10,17H,3,9,11H2,1H3. The van der Waals surface area contributed by atoms with E-state index in [0.29, 0.717) is 13.0 Å². The maximum Gasteiger partial charge on any atom is 0.251 e. The summed E-state index contributed by atoms with van der Waals surface area (Å²) in [6.45, 7) is 2.54. The Kier molecular flexibility index (Phi) is 4.56. The van der Waals surface area contributed by atoms with E-state index >= 15 is 0 Å². The summed E-state index contributed by atoms with van der Waals surface area (Å²) in [6, 6.07) is 7.21. The van der Waals surface area contributed by atoms with Crippen LogP contribution in [0.1, 0.15) is 22.6 Å². The molecule has 2 aromatic rings. The highest BCUT2D eigenvalue weighted by molar-refractivity contribution is 7.10. The maximum absolute atomic E-state index is 11.8. The molecular formula is C15H15NO2S. The molecule has 2 rings (SSSR count). The van der Waals surface area contributed by atoms with E-state index in [0.717, 1.165) is 16.1 Å². The van der Waals surface area contributed by atoms with E-state index in [2.05, 4.69) is 11.8 Å². The van der Waals surface area contributed by atoms with Crippen LogP contribution in [0, 0.1) is 18.8 Å². The molecule has 0 bridgehead atoms. The van der Waals surface area contributed by atoms with Crippen LogP contribution < -0.4 is 5.56 Å². The molecule has 0 aromatic carbocycles. The summed E-state index contributed by atoms with van der Waals surface area (Å²) in [5.74, 6) is 5.95. The fourth-order valence-electron chi connectivity index (χ4n) is 1.76. The summed E-state index contributed by atoms with van der Waals surface area (Å²) in [6.07, 6.45) is 0.472. The predicted molar refractivity (Wildman–Crippen MR) is 77.4 cm³/mol. The Bertz CT molecular complexity index is 673. The Hall–Kier alpha value is -1.83. The van der Waals surface area contributed by atoms with Gasteiger partial charge in [0.1, 0.15) is 0 Å². The van der Waals surface area contributed by atoms with Crippen LogP contribution >= 0.6 is 11.3 Å². The van der Waals surface area contributed by atoms with Crippen molar-refractivity contribution in [2.24, 2.45) is 0 Å². The van der Waals surface area contributed by atoms with E-state index in [4.69, 9.17) is 5.11 Å². The van der Waals surface area contributed by atoms with Crippen LogP contribution in [-0.4, -0.2) is 16.3 Å². The Morgan fingerprint density at radius 1 is 1.37 bits per heavy atom. The van der Waals surface area contributed by atoms with Gasteiger partial charge in [-0.15, -0.1) is 11.3 Å². The van der Waals surface area contributed by atoms with E-state index in [1.54, 1.807) is 28.0 Å². The lowest BCUT2D eigenvalue weighted by Crippen LogP contribution is -2.21. The molecule has 0 radical (unpaired) electrons. The van der Waals surface area contributed by atoms with E-state index in [9.17, 15) is 4.79 Å². The molecule has 98 valence electrons. The minimum absolute atomic E-state index is 0.00247. The molecule has 0 fully saturated rings. The van der Waals surface area contributed by atoms with Gasteiger partial charge in [0.2, 0.25) is 0 Å². The first kappa shape index (κ1) is 13.6. The summed E-state index contributed by atoms with van der Waals surface area (Å²) in [5.41, 5.74) is 1.88. The molecule has 0 aliphatic heterocycles. The third kappa shape index (κ3) is 3.34. The average molecular weight is 273 g/mol. The van der Waals surface area contributed by atoms with Crippen LogP contribution in [0.2, 0.25) is 0 Å². The molecule has 0 spiro atoms. The summed E-state index contributed by atoms with van der Waals surface area (Å²) >= 11 is 1.60. The number of rotatable bonds is 3. The molecule has 4 heteroatoms. The van der Waals surface area contributed by atoms with Crippen molar-refractivity contribution in [2.45, 2.75) is 19.9 Å². The van der Waals surface area contributed by atoms with Crippen LogP contribution in [0.3, 0.4) is 0 Å². The van der Waals surface area contributed by atoms with Gasteiger partial charge in [0.05, 0.1) is 13.2 Å². The zero-order valence-electron chi connectivity index (χ0n) is 10.7. The quantitative estimate of drug-likeness (QED) is 0.869. The maximum atomic E-state index is 11.8. The van der Waals surface area contributed by atoms with Gasteiger partial charge < -0.3 is 9.67 Å². The van der Waals surface area contributed by atoms with Gasteiger partial charge in [0.15, 0.2) is 0 Å². The van der Waals surface area contributed by atoms with Crippen LogP contribution in [0.5, 0.6) is 0 Å². The third-order valence-electron chi connectivity index (χ3n) is 2.78. The largest absolute Gasteiger partial charge is 0.395 e. The molecule has 2 heterocycles. The number of thiophene rings is 1. The topological polar surface area (TPSA) is 42.2 Å². The number of aliphatic hydroxyl groups excluding tert-OH is 1. The molecule has 1 N–H and O–H groups in total. The fraction of sp³-hybridized carbons (Fsp3) is 0.267. The number of aryl methyl sites for hydroxylation is 1. The summed E-state index contributed by atoms with van der Waals surface area (Å²) < 4.78 is 1.74. The van der Waals surface area contributed by atoms with Gasteiger partial charge in [0.25, 0.3) is 5.56 Å². The fourth-order valence-corrected chi connectivity index (χ4v) is 2.58. The predicted octanol–water partition coefficient (Wildman–Crippen LogP) is 2.00. The zero-order chi connectivity index (χ0) is 13.7. The second-order valence-electron chi connectivity index (χ2n) is 4.12. The number of hydrogen-bond acceptors (Lipinski definition) is 3. The highest BCUT2D eigenvalue weighted by Crippen LogP contribution is 2.17. The molecular weight excluding hydrogens is 258 g/mol. The lowest BCUT2D eigenvalue weighted by molar-refractivity contribution is 0.305. The van der Waals surface area contributed by atoms with Crippen molar-refractivity contribution in [1.29, 1.82) is 0 Å². The van der Waals surface area contributed by atoms with Crippen molar-refractivity contribution >= 4 is 11.3 Å². The lowest BCUT2D eigenvalue weighted by Gasteiger charge is -2.08. The van der Waals surface area contributed by atoms with Crippen molar-refractivity contribution < 1.29 is 5.11 Å². The van der Waals surface area contributed by atoms with Gasteiger partial charge in [-0.05, 0) is 24.4 Å². The van der Waals surface area contributed by atoms with Gasteiger partial charge in [-0.3, -0.25) is 4.79 Å². The van der Waals surface area contributed by atoms with Crippen LogP contribution in [0.25, 0.3) is 0 Å². The van der Waals surface area contributed by atoms with Crippen molar-refractivity contribution in [2.75, 3.05) is 6.61 Å². The SMILES string of the molecule is Cc1cccc(=O)n1Cc1sccc1C#CCCO. The number of pyridine rings is 1. The normalized spacial score (nSPS) is 10.0. The minimum Gasteiger partial charge on any atom is -0.395 e. The number of nitrogens with zero attached hydrogens (tertiary/aromatic N) is 1. The van der Waals surface area contributed by atoms with Crippen molar-refractivity contribution in [3.8, 4) is 11.8 Å². The Morgan fingerprint density at radius 2 is 2.21 bits per heavy atom. The average Bonchev–Trinajstić information content (AvgIpc) is 2.82. The second kappa shape index (κ2) is 6.37. The molecule has 0 unspecified atom stereocenters.